The molecule has 0 aliphatic heterocycles. The van der Waals surface area contributed by atoms with E-state index in [1.165, 1.54) is 0 Å². The molecular formula is C13H17ClFN. The maximum absolute atomic E-state index is 12.7. The van der Waals surface area contributed by atoms with Crippen molar-refractivity contribution in [2.75, 3.05) is 0 Å². The van der Waals surface area contributed by atoms with Crippen LogP contribution in [0.25, 0.3) is 6.08 Å². The van der Waals surface area contributed by atoms with E-state index in [0.29, 0.717) is 6.42 Å². The smallest absolute Gasteiger partial charge is 0.107 e. The molecular weight excluding hydrogens is 225 g/mol. The Balaban J connectivity index is 0.00000128. The molecule has 1 aliphatic carbocycles. The molecule has 0 spiro atoms. The molecule has 3 atom stereocenters. The van der Waals surface area contributed by atoms with Crippen LogP contribution in [0.5, 0.6) is 0 Å². The van der Waals surface area contributed by atoms with E-state index in [2.05, 4.69) is 0 Å². The Morgan fingerprint density at radius 3 is 2.62 bits per heavy atom. The van der Waals surface area contributed by atoms with Gasteiger partial charge >= 0.3 is 0 Å². The Hall–Kier alpha value is -0.860. The van der Waals surface area contributed by atoms with Crippen LogP contribution < -0.4 is 5.73 Å². The second-order valence-corrected chi connectivity index (χ2v) is 4.19. The molecule has 16 heavy (non-hydrogen) atoms. The van der Waals surface area contributed by atoms with Crippen molar-refractivity contribution >= 4 is 18.5 Å². The molecule has 3 heteroatoms. The molecule has 1 saturated carbocycles. The molecule has 0 heterocycles. The van der Waals surface area contributed by atoms with Gasteiger partial charge in [-0.1, -0.05) is 36.4 Å². The molecule has 0 amide bonds. The number of nitrogens with two attached hydrogens (primary N) is 1. The largest absolute Gasteiger partial charge is 0.324 e. The molecule has 1 aromatic carbocycles. The van der Waals surface area contributed by atoms with E-state index in [1.807, 2.05) is 43.3 Å². The van der Waals surface area contributed by atoms with Crippen LogP contribution in [0, 0.1) is 5.92 Å². The standard InChI is InChI=1S/C13H16FN.ClH/c1-9(15)12-5-3-2-4-10(12)6-7-11-8-13(11)14;/h2-7,9,11,13H,8,15H2,1H3;1H/b7-6+;/t9-,11+,13+;/m0./s1. The molecule has 0 radical (unpaired) electrons. The van der Waals surface area contributed by atoms with E-state index in [4.69, 9.17) is 5.73 Å². The van der Waals surface area contributed by atoms with Crippen LogP contribution in [0.3, 0.4) is 0 Å². The van der Waals surface area contributed by atoms with Crippen molar-refractivity contribution in [2.24, 2.45) is 11.7 Å². The zero-order valence-corrected chi connectivity index (χ0v) is 10.1. The zero-order chi connectivity index (χ0) is 10.8. The van der Waals surface area contributed by atoms with Crippen molar-refractivity contribution in [2.45, 2.75) is 25.6 Å². The number of alkyl halides is 1. The Kier molecular flexibility index (Phi) is 4.51. The highest BCUT2D eigenvalue weighted by Gasteiger charge is 2.34. The predicted molar refractivity (Wildman–Crippen MR) is 68.3 cm³/mol. The Bertz CT molecular complexity index is 376. The van der Waals surface area contributed by atoms with Gasteiger partial charge in [-0.15, -0.1) is 12.4 Å². The van der Waals surface area contributed by atoms with Crippen LogP contribution in [0.1, 0.15) is 30.5 Å². The average molecular weight is 242 g/mol. The minimum Gasteiger partial charge on any atom is -0.324 e. The molecule has 1 aromatic rings. The van der Waals surface area contributed by atoms with Gasteiger partial charge in [0.15, 0.2) is 0 Å². The van der Waals surface area contributed by atoms with E-state index in [9.17, 15) is 4.39 Å². The van der Waals surface area contributed by atoms with E-state index in [0.717, 1.165) is 11.1 Å². The summed E-state index contributed by atoms with van der Waals surface area (Å²) in [4.78, 5) is 0. The monoisotopic (exact) mass is 241 g/mol. The van der Waals surface area contributed by atoms with Gasteiger partial charge in [-0.25, -0.2) is 4.39 Å². The molecule has 0 bridgehead atoms. The minimum absolute atomic E-state index is 0. The van der Waals surface area contributed by atoms with Gasteiger partial charge in [-0.2, -0.15) is 0 Å². The number of hydrogen-bond donors (Lipinski definition) is 1. The fraction of sp³-hybridized carbons (Fsp3) is 0.385. The van der Waals surface area contributed by atoms with Gasteiger partial charge in [0, 0.05) is 12.0 Å². The van der Waals surface area contributed by atoms with Crippen LogP contribution in [0.4, 0.5) is 4.39 Å². The van der Waals surface area contributed by atoms with Gasteiger partial charge in [0.1, 0.15) is 6.17 Å². The summed E-state index contributed by atoms with van der Waals surface area (Å²) in [5.74, 6) is 0.131. The first-order valence-electron chi connectivity index (χ1n) is 5.35. The summed E-state index contributed by atoms with van der Waals surface area (Å²) < 4.78 is 12.7. The summed E-state index contributed by atoms with van der Waals surface area (Å²) >= 11 is 0. The molecule has 0 saturated heterocycles. The van der Waals surface area contributed by atoms with Crippen molar-refractivity contribution in [1.82, 2.24) is 0 Å². The van der Waals surface area contributed by atoms with E-state index in [-0.39, 0.29) is 24.4 Å². The lowest BCUT2D eigenvalue weighted by molar-refractivity contribution is 0.463. The van der Waals surface area contributed by atoms with E-state index < -0.39 is 6.17 Å². The fourth-order valence-electron chi connectivity index (χ4n) is 1.69. The minimum atomic E-state index is -0.622. The highest BCUT2D eigenvalue weighted by Crippen LogP contribution is 2.35. The van der Waals surface area contributed by atoms with Crippen LogP contribution in [0.2, 0.25) is 0 Å². The molecule has 1 aliphatic rings. The van der Waals surface area contributed by atoms with Gasteiger partial charge in [0.2, 0.25) is 0 Å². The topological polar surface area (TPSA) is 26.0 Å². The summed E-state index contributed by atoms with van der Waals surface area (Å²) in [5, 5.41) is 0. The highest BCUT2D eigenvalue weighted by atomic mass is 35.5. The highest BCUT2D eigenvalue weighted by molar-refractivity contribution is 5.85. The lowest BCUT2D eigenvalue weighted by Crippen LogP contribution is -2.06. The first-order valence-corrected chi connectivity index (χ1v) is 5.35. The molecule has 2 rings (SSSR count). The number of benzene rings is 1. The summed E-state index contributed by atoms with van der Waals surface area (Å²) in [6, 6.07) is 8.01. The van der Waals surface area contributed by atoms with Crippen molar-refractivity contribution in [3.8, 4) is 0 Å². The van der Waals surface area contributed by atoms with E-state index in [1.54, 1.807) is 0 Å². The maximum atomic E-state index is 12.7. The quantitative estimate of drug-likeness (QED) is 0.861. The van der Waals surface area contributed by atoms with Crippen LogP contribution in [0.15, 0.2) is 30.3 Å². The van der Waals surface area contributed by atoms with Crippen LogP contribution in [-0.2, 0) is 0 Å². The maximum Gasteiger partial charge on any atom is 0.107 e. The molecule has 2 N–H and O–H groups in total. The Morgan fingerprint density at radius 1 is 1.44 bits per heavy atom. The summed E-state index contributed by atoms with van der Waals surface area (Å²) in [5.41, 5.74) is 8.07. The summed E-state index contributed by atoms with van der Waals surface area (Å²) in [6.07, 6.45) is 4.00. The van der Waals surface area contributed by atoms with Gasteiger partial charge in [-0.3, -0.25) is 0 Å². The SMILES string of the molecule is C[C@H](N)c1ccccc1/C=C/[C@@H]1C[C@H]1F.Cl. The van der Waals surface area contributed by atoms with Crippen molar-refractivity contribution in [3.63, 3.8) is 0 Å². The number of halogens is 2. The Morgan fingerprint density at radius 2 is 2.06 bits per heavy atom. The molecule has 0 aromatic heterocycles. The summed E-state index contributed by atoms with van der Waals surface area (Å²) in [6.45, 7) is 1.96. The average Bonchev–Trinajstić information content (AvgIpc) is 2.92. The van der Waals surface area contributed by atoms with Crippen molar-refractivity contribution in [3.05, 3.63) is 41.5 Å². The van der Waals surface area contributed by atoms with Gasteiger partial charge < -0.3 is 5.73 Å². The van der Waals surface area contributed by atoms with Crippen molar-refractivity contribution < 1.29 is 4.39 Å². The first-order chi connectivity index (χ1) is 7.18. The summed E-state index contributed by atoms with van der Waals surface area (Å²) in [7, 11) is 0. The molecule has 0 unspecified atom stereocenters. The second kappa shape index (κ2) is 5.46. The van der Waals surface area contributed by atoms with Gasteiger partial charge in [0.25, 0.3) is 0 Å². The molecule has 1 fully saturated rings. The lowest BCUT2D eigenvalue weighted by atomic mass is 10.0. The molecule has 88 valence electrons. The Labute approximate surface area is 102 Å². The number of hydrogen-bond acceptors (Lipinski definition) is 1. The number of allylic oxidation sites excluding steroid dienone is 1. The second-order valence-electron chi connectivity index (χ2n) is 4.19. The third kappa shape index (κ3) is 3.06. The third-order valence-electron chi connectivity index (χ3n) is 2.77. The predicted octanol–water partition coefficient (Wildman–Crippen LogP) is 3.50. The normalized spacial score (nSPS) is 25.2. The zero-order valence-electron chi connectivity index (χ0n) is 9.27. The first kappa shape index (κ1) is 13.2. The number of rotatable bonds is 3. The molecule has 1 nitrogen and oxygen atoms in total. The van der Waals surface area contributed by atoms with Crippen molar-refractivity contribution in [1.29, 1.82) is 0 Å². The van der Waals surface area contributed by atoms with Crippen LogP contribution in [-0.4, -0.2) is 6.17 Å². The van der Waals surface area contributed by atoms with Gasteiger partial charge in [0.05, 0.1) is 0 Å². The third-order valence-corrected chi connectivity index (χ3v) is 2.77. The van der Waals surface area contributed by atoms with Crippen LogP contribution >= 0.6 is 12.4 Å². The van der Waals surface area contributed by atoms with E-state index >= 15 is 0 Å². The lowest BCUT2D eigenvalue weighted by Gasteiger charge is -2.08. The van der Waals surface area contributed by atoms with Gasteiger partial charge in [-0.05, 0) is 24.5 Å². The fourth-order valence-corrected chi connectivity index (χ4v) is 1.69.